The van der Waals surface area contributed by atoms with E-state index in [1.165, 1.54) is 16.7 Å². The fraction of sp³-hybridized carbons (Fsp3) is 0. The molecule has 0 amide bonds. The van der Waals surface area contributed by atoms with Crippen molar-refractivity contribution in [2.75, 3.05) is 0 Å². The molecule has 0 aliphatic heterocycles. The maximum absolute atomic E-state index is 3.77. The van der Waals surface area contributed by atoms with Gasteiger partial charge in [-0.15, -0.1) is 0 Å². The molecule has 0 heterocycles. The molecule has 58 valence electrons. The number of hydrogen-bond acceptors (Lipinski definition) is 0. The molecule has 0 N–H and O–H groups in total. The molecule has 0 saturated carbocycles. The Balaban J connectivity index is 2.72. The van der Waals surface area contributed by atoms with Crippen molar-refractivity contribution >= 4 is 6.08 Å². The van der Waals surface area contributed by atoms with Crippen LogP contribution in [-0.4, -0.2) is 0 Å². The van der Waals surface area contributed by atoms with E-state index in [9.17, 15) is 0 Å². The normalized spacial score (nSPS) is 10.0. The minimum atomic E-state index is 1.21. The molecule has 12 heavy (non-hydrogen) atoms. The number of fused-ring (bicyclic) bond motifs is 1. The Morgan fingerprint density at radius 2 is 1.75 bits per heavy atom. The van der Waals surface area contributed by atoms with Crippen molar-refractivity contribution in [1.82, 2.24) is 0 Å². The van der Waals surface area contributed by atoms with Gasteiger partial charge >= 0.3 is 0 Å². The summed E-state index contributed by atoms with van der Waals surface area (Å²) in [4.78, 5) is 0. The summed E-state index contributed by atoms with van der Waals surface area (Å²) in [5.41, 5.74) is 3.76. The number of hydrogen-bond donors (Lipinski definition) is 0. The van der Waals surface area contributed by atoms with Gasteiger partial charge < -0.3 is 0 Å². The third kappa shape index (κ3) is 1.02. The first kappa shape index (κ1) is 7.11. The van der Waals surface area contributed by atoms with E-state index < -0.39 is 0 Å². The van der Waals surface area contributed by atoms with Crippen LogP contribution in [0.5, 0.6) is 0 Å². The lowest BCUT2D eigenvalue weighted by Crippen LogP contribution is -1.68. The van der Waals surface area contributed by atoms with E-state index in [0.29, 0.717) is 0 Å². The van der Waals surface area contributed by atoms with Gasteiger partial charge in [0.25, 0.3) is 0 Å². The molecule has 0 radical (unpaired) electrons. The zero-order valence-electron chi connectivity index (χ0n) is 6.83. The summed E-state index contributed by atoms with van der Waals surface area (Å²) in [7, 11) is 0. The summed E-state index contributed by atoms with van der Waals surface area (Å²) < 4.78 is 0. The highest BCUT2D eigenvalue weighted by molar-refractivity contribution is 5.77. The summed E-state index contributed by atoms with van der Waals surface area (Å²) in [6.07, 6.45) is 1.89. The second-order valence-electron chi connectivity index (χ2n) is 2.77. The average Bonchev–Trinajstić information content (AvgIpc) is 2.33. The fourth-order valence-corrected chi connectivity index (χ4v) is 1.42. The van der Waals surface area contributed by atoms with Crippen LogP contribution in [-0.2, 0) is 0 Å². The standard InChI is InChI=1S/C12H10/c1-2-10-8-9-11-6-4-3-5-7-12(10)11/h2-9H,1H2. The van der Waals surface area contributed by atoms with Crippen LogP contribution in [0.4, 0.5) is 0 Å². The van der Waals surface area contributed by atoms with Gasteiger partial charge in [0, 0.05) is 0 Å². The molecule has 2 aliphatic carbocycles. The predicted molar refractivity (Wildman–Crippen MR) is 53.2 cm³/mol. The van der Waals surface area contributed by atoms with E-state index in [1.807, 2.05) is 12.1 Å². The molecule has 0 aromatic carbocycles. The Labute approximate surface area is 72.5 Å². The van der Waals surface area contributed by atoms with E-state index in [2.05, 4.69) is 43.0 Å². The van der Waals surface area contributed by atoms with Crippen molar-refractivity contribution in [3.8, 4) is 11.1 Å². The second-order valence-corrected chi connectivity index (χ2v) is 2.77. The van der Waals surface area contributed by atoms with E-state index in [0.717, 1.165) is 0 Å². The van der Waals surface area contributed by atoms with Crippen LogP contribution in [0, 0.1) is 0 Å². The van der Waals surface area contributed by atoms with Crippen LogP contribution in [0.3, 0.4) is 0 Å². The van der Waals surface area contributed by atoms with Gasteiger partial charge in [0.15, 0.2) is 0 Å². The summed E-state index contributed by atoms with van der Waals surface area (Å²) in [6, 6.07) is 14.6. The van der Waals surface area contributed by atoms with Gasteiger partial charge in [-0.3, -0.25) is 0 Å². The SMILES string of the molecule is C=Cc1ccc2cccccc1-2. The van der Waals surface area contributed by atoms with Crippen molar-refractivity contribution in [3.63, 3.8) is 0 Å². The van der Waals surface area contributed by atoms with E-state index in [1.54, 1.807) is 0 Å². The molecule has 0 aromatic heterocycles. The summed E-state index contributed by atoms with van der Waals surface area (Å²) in [5, 5.41) is 0. The van der Waals surface area contributed by atoms with Crippen LogP contribution >= 0.6 is 0 Å². The molecular formula is C12H10. The minimum Gasteiger partial charge on any atom is -0.0984 e. The van der Waals surface area contributed by atoms with Crippen molar-refractivity contribution < 1.29 is 0 Å². The Kier molecular flexibility index (Phi) is 1.67. The highest BCUT2D eigenvalue weighted by Gasteiger charge is 2.02. The van der Waals surface area contributed by atoms with Crippen LogP contribution < -0.4 is 0 Å². The molecule has 0 aromatic rings. The van der Waals surface area contributed by atoms with Gasteiger partial charge in [-0.2, -0.15) is 0 Å². The van der Waals surface area contributed by atoms with Crippen LogP contribution in [0.15, 0.2) is 49.0 Å². The Morgan fingerprint density at radius 1 is 0.917 bits per heavy atom. The van der Waals surface area contributed by atoms with E-state index in [-0.39, 0.29) is 0 Å². The molecule has 0 heteroatoms. The molecular weight excluding hydrogens is 144 g/mol. The molecule has 0 fully saturated rings. The van der Waals surface area contributed by atoms with Gasteiger partial charge in [-0.1, -0.05) is 55.1 Å². The third-order valence-electron chi connectivity index (χ3n) is 2.05. The van der Waals surface area contributed by atoms with Gasteiger partial charge in [0.1, 0.15) is 0 Å². The molecule has 0 bridgehead atoms. The lowest BCUT2D eigenvalue weighted by Gasteiger charge is -1.92. The molecule has 0 saturated heterocycles. The van der Waals surface area contributed by atoms with E-state index in [4.69, 9.17) is 0 Å². The Bertz CT molecular complexity index is 374. The number of rotatable bonds is 1. The van der Waals surface area contributed by atoms with Gasteiger partial charge in [0.05, 0.1) is 0 Å². The largest absolute Gasteiger partial charge is 0.0984 e. The van der Waals surface area contributed by atoms with Crippen molar-refractivity contribution in [3.05, 3.63) is 54.6 Å². The summed E-state index contributed by atoms with van der Waals surface area (Å²) in [5.74, 6) is 0. The molecule has 0 unspecified atom stereocenters. The highest BCUT2D eigenvalue weighted by Crippen LogP contribution is 2.26. The van der Waals surface area contributed by atoms with E-state index >= 15 is 0 Å². The Morgan fingerprint density at radius 3 is 2.58 bits per heavy atom. The fourth-order valence-electron chi connectivity index (χ4n) is 1.42. The average molecular weight is 154 g/mol. The van der Waals surface area contributed by atoms with Gasteiger partial charge in [-0.05, 0) is 16.7 Å². The molecule has 0 spiro atoms. The van der Waals surface area contributed by atoms with Crippen molar-refractivity contribution in [1.29, 1.82) is 0 Å². The first-order valence-corrected chi connectivity index (χ1v) is 4.02. The van der Waals surface area contributed by atoms with Crippen molar-refractivity contribution in [2.24, 2.45) is 0 Å². The smallest absolute Gasteiger partial charge is 0.0112 e. The monoisotopic (exact) mass is 154 g/mol. The van der Waals surface area contributed by atoms with Crippen LogP contribution in [0.2, 0.25) is 0 Å². The van der Waals surface area contributed by atoms with Crippen LogP contribution in [0.25, 0.3) is 17.2 Å². The Hall–Kier alpha value is -1.56. The maximum Gasteiger partial charge on any atom is -0.0112 e. The zero-order valence-corrected chi connectivity index (χ0v) is 6.83. The third-order valence-corrected chi connectivity index (χ3v) is 2.05. The lowest BCUT2D eigenvalue weighted by molar-refractivity contribution is 1.80. The van der Waals surface area contributed by atoms with Crippen molar-refractivity contribution in [2.45, 2.75) is 0 Å². The predicted octanol–water partition coefficient (Wildman–Crippen LogP) is 3.43. The lowest BCUT2D eigenvalue weighted by atomic mass is 10.1. The van der Waals surface area contributed by atoms with Crippen LogP contribution in [0.1, 0.15) is 5.56 Å². The van der Waals surface area contributed by atoms with Gasteiger partial charge in [-0.25, -0.2) is 0 Å². The summed E-state index contributed by atoms with van der Waals surface area (Å²) in [6.45, 7) is 3.77. The molecule has 2 aliphatic rings. The highest BCUT2D eigenvalue weighted by atomic mass is 14.1. The second kappa shape index (κ2) is 2.82. The first-order chi connectivity index (χ1) is 5.92. The molecule has 2 rings (SSSR count). The summed E-state index contributed by atoms with van der Waals surface area (Å²) >= 11 is 0. The maximum atomic E-state index is 3.77. The zero-order chi connectivity index (χ0) is 8.39. The minimum absolute atomic E-state index is 1.21. The van der Waals surface area contributed by atoms with Gasteiger partial charge in [0.2, 0.25) is 0 Å². The topological polar surface area (TPSA) is 0 Å². The molecule has 0 atom stereocenters. The first-order valence-electron chi connectivity index (χ1n) is 4.02. The molecule has 0 nitrogen and oxygen atoms in total. The quantitative estimate of drug-likeness (QED) is 0.590.